The van der Waals surface area contributed by atoms with Gasteiger partial charge in [0.2, 0.25) is 11.8 Å². The Hall–Kier alpha value is -3.35. The van der Waals surface area contributed by atoms with E-state index in [1.165, 1.54) is 36.2 Å². The second kappa shape index (κ2) is 11.8. The molecule has 0 bridgehead atoms. The molecule has 3 atom stereocenters. The van der Waals surface area contributed by atoms with Crippen LogP contribution in [0.15, 0.2) is 24.3 Å². The monoisotopic (exact) mass is 556 g/mol. The fourth-order valence-corrected chi connectivity index (χ4v) is 4.26. The van der Waals surface area contributed by atoms with Gasteiger partial charge in [-0.05, 0) is 45.7 Å². The van der Waals surface area contributed by atoms with E-state index in [0.717, 1.165) is 17.7 Å². The molecule has 2 fully saturated rings. The van der Waals surface area contributed by atoms with E-state index < -0.39 is 61.0 Å². The molecule has 3 rings (SSSR count). The van der Waals surface area contributed by atoms with Gasteiger partial charge in [-0.15, -0.1) is 0 Å². The number of alkyl halides is 3. The van der Waals surface area contributed by atoms with Crippen LogP contribution in [-0.4, -0.2) is 94.7 Å². The van der Waals surface area contributed by atoms with Gasteiger partial charge in [-0.3, -0.25) is 19.2 Å². The second-order valence-corrected chi connectivity index (χ2v) is 10.7. The molecule has 3 N–H and O–H groups in total. The zero-order valence-corrected chi connectivity index (χ0v) is 22.4. The highest BCUT2D eigenvalue weighted by molar-refractivity contribution is 6.00. The number of aliphatic hydroxyl groups excluding tert-OH is 1. The largest absolute Gasteiger partial charge is 0.483 e. The third-order valence-corrected chi connectivity index (χ3v) is 6.94. The molecule has 1 aliphatic heterocycles. The summed E-state index contributed by atoms with van der Waals surface area (Å²) >= 11 is 0. The predicted molar refractivity (Wildman–Crippen MR) is 134 cm³/mol. The molecule has 0 unspecified atom stereocenters. The number of likely N-dealkylation sites (tertiary alicyclic amines) is 1. The zero-order chi connectivity index (χ0) is 29.1. The van der Waals surface area contributed by atoms with E-state index in [2.05, 4.69) is 10.6 Å². The predicted octanol–water partition coefficient (Wildman–Crippen LogP) is 1.61. The first-order valence-electron chi connectivity index (χ1n) is 12.8. The molecule has 10 nitrogen and oxygen atoms in total. The first kappa shape index (κ1) is 30.2. The van der Waals surface area contributed by atoms with Crippen LogP contribution in [0.2, 0.25) is 0 Å². The van der Waals surface area contributed by atoms with Crippen molar-refractivity contribution in [3.05, 3.63) is 29.8 Å². The summed E-state index contributed by atoms with van der Waals surface area (Å²) < 4.78 is 45.9. The van der Waals surface area contributed by atoms with Gasteiger partial charge in [0.15, 0.2) is 6.61 Å². The third-order valence-electron chi connectivity index (χ3n) is 6.94. The number of halogens is 3. The normalized spacial score (nSPS) is 20.8. The van der Waals surface area contributed by atoms with Crippen LogP contribution in [0.25, 0.3) is 0 Å². The summed E-state index contributed by atoms with van der Waals surface area (Å²) in [5.41, 5.74) is -0.453. The molecule has 39 heavy (non-hydrogen) atoms. The summed E-state index contributed by atoms with van der Waals surface area (Å²) in [7, 11) is 1.50. The van der Waals surface area contributed by atoms with Crippen LogP contribution >= 0.6 is 0 Å². The average Bonchev–Trinajstić information content (AvgIpc) is 3.44. The van der Waals surface area contributed by atoms with Crippen molar-refractivity contribution in [2.24, 2.45) is 0 Å². The van der Waals surface area contributed by atoms with Gasteiger partial charge in [-0.25, -0.2) is 0 Å². The Morgan fingerprint density at radius 1 is 1.21 bits per heavy atom. The Bertz CT molecular complexity index is 1090. The maximum Gasteiger partial charge on any atom is 0.391 e. The van der Waals surface area contributed by atoms with Gasteiger partial charge >= 0.3 is 6.18 Å². The molecule has 0 radical (unpaired) electrons. The fraction of sp³-hybridized carbons (Fsp3) is 0.615. The van der Waals surface area contributed by atoms with Crippen molar-refractivity contribution < 1.29 is 42.2 Å². The standard InChI is InChI=1S/C26H35F3N4O6/c1-15(2)32(4)24(38)19-11-16(34)13-33(19)23(37)18(12-26(27,28)29)30-22(36)17-7-5-6-8-20(17)39-14-21(35)31-25(3)9-10-25/h5-8,15-16,18-19,34H,9-14H2,1-4H3,(H,30,36)(H,31,35)/t16-,18+,19+/m0/s1. The summed E-state index contributed by atoms with van der Waals surface area (Å²) in [5.74, 6) is -3.14. The topological polar surface area (TPSA) is 128 Å². The first-order valence-corrected chi connectivity index (χ1v) is 12.8. The third kappa shape index (κ3) is 8.07. The van der Waals surface area contributed by atoms with Crippen LogP contribution in [0.3, 0.4) is 0 Å². The zero-order valence-electron chi connectivity index (χ0n) is 22.4. The molecule has 2 aliphatic rings. The number of β-amino-alcohol motifs (C(OH)–C–C–N with tert-alkyl or cyclic N) is 1. The van der Waals surface area contributed by atoms with Gasteiger partial charge in [0, 0.05) is 31.6 Å². The lowest BCUT2D eigenvalue weighted by molar-refractivity contribution is -0.156. The Morgan fingerprint density at radius 2 is 1.85 bits per heavy atom. The van der Waals surface area contributed by atoms with Gasteiger partial charge in [-0.2, -0.15) is 13.2 Å². The number of hydrogen-bond acceptors (Lipinski definition) is 6. The Labute approximate surface area is 224 Å². The lowest BCUT2D eigenvalue weighted by Gasteiger charge is -2.32. The van der Waals surface area contributed by atoms with Gasteiger partial charge in [0.25, 0.3) is 11.8 Å². The summed E-state index contributed by atoms with van der Waals surface area (Å²) in [4.78, 5) is 53.7. The number of nitrogens with one attached hydrogen (secondary N) is 2. The molecular weight excluding hydrogens is 521 g/mol. The number of amides is 4. The van der Waals surface area contributed by atoms with E-state index in [9.17, 15) is 37.5 Å². The van der Waals surface area contributed by atoms with Crippen molar-refractivity contribution in [2.45, 2.75) is 82.4 Å². The lowest BCUT2D eigenvalue weighted by Crippen LogP contribution is -2.55. The van der Waals surface area contributed by atoms with Crippen molar-refractivity contribution >= 4 is 23.6 Å². The van der Waals surface area contributed by atoms with Gasteiger partial charge in [0.05, 0.1) is 18.1 Å². The number of carbonyl (C=O) groups excluding carboxylic acids is 4. The molecule has 216 valence electrons. The molecule has 13 heteroatoms. The molecule has 1 aromatic rings. The summed E-state index contributed by atoms with van der Waals surface area (Å²) in [6.45, 7) is 4.58. The highest BCUT2D eigenvalue weighted by Crippen LogP contribution is 2.34. The van der Waals surface area contributed by atoms with E-state index in [0.29, 0.717) is 0 Å². The summed E-state index contributed by atoms with van der Waals surface area (Å²) in [6.07, 6.45) is -6.08. The minimum Gasteiger partial charge on any atom is -0.483 e. The van der Waals surface area contributed by atoms with E-state index in [-0.39, 0.29) is 35.9 Å². The fourth-order valence-electron chi connectivity index (χ4n) is 4.26. The number of aliphatic hydroxyl groups is 1. The van der Waals surface area contributed by atoms with Crippen molar-refractivity contribution in [3.8, 4) is 5.75 Å². The van der Waals surface area contributed by atoms with Crippen LogP contribution < -0.4 is 15.4 Å². The minimum atomic E-state index is -4.83. The van der Waals surface area contributed by atoms with Gasteiger partial charge in [0.1, 0.15) is 17.8 Å². The van der Waals surface area contributed by atoms with E-state index in [1.54, 1.807) is 13.8 Å². The van der Waals surface area contributed by atoms with E-state index >= 15 is 0 Å². The van der Waals surface area contributed by atoms with Crippen molar-refractivity contribution in [1.29, 1.82) is 0 Å². The van der Waals surface area contributed by atoms with Crippen molar-refractivity contribution in [1.82, 2.24) is 20.4 Å². The molecule has 1 heterocycles. The van der Waals surface area contributed by atoms with Crippen molar-refractivity contribution in [2.75, 3.05) is 20.2 Å². The highest BCUT2D eigenvalue weighted by Gasteiger charge is 2.45. The number of para-hydroxylation sites is 1. The summed E-state index contributed by atoms with van der Waals surface area (Å²) in [5, 5.41) is 15.1. The quantitative estimate of drug-likeness (QED) is 0.402. The number of benzene rings is 1. The molecule has 4 amide bonds. The van der Waals surface area contributed by atoms with Crippen LogP contribution in [0, 0.1) is 0 Å². The lowest BCUT2D eigenvalue weighted by atomic mass is 10.1. The molecule has 1 aromatic carbocycles. The maximum atomic E-state index is 13.5. The van der Waals surface area contributed by atoms with Gasteiger partial charge in [-0.1, -0.05) is 12.1 Å². The Balaban J connectivity index is 1.78. The van der Waals surface area contributed by atoms with Crippen LogP contribution in [-0.2, 0) is 14.4 Å². The average molecular weight is 557 g/mol. The number of rotatable bonds is 10. The van der Waals surface area contributed by atoms with E-state index in [4.69, 9.17) is 4.74 Å². The highest BCUT2D eigenvalue weighted by atomic mass is 19.4. The van der Waals surface area contributed by atoms with Crippen LogP contribution in [0.4, 0.5) is 13.2 Å². The van der Waals surface area contributed by atoms with Gasteiger partial charge < -0.3 is 30.3 Å². The molecule has 0 spiro atoms. The molecule has 1 saturated carbocycles. The first-order chi connectivity index (χ1) is 18.1. The van der Waals surface area contributed by atoms with Crippen LogP contribution in [0.5, 0.6) is 5.75 Å². The summed E-state index contributed by atoms with van der Waals surface area (Å²) in [6, 6.07) is 2.18. The number of hydrogen-bond donors (Lipinski definition) is 3. The number of likely N-dealkylation sites (N-methyl/N-ethyl adjacent to an activating group) is 1. The number of nitrogens with zero attached hydrogens (tertiary/aromatic N) is 2. The minimum absolute atomic E-state index is 0.0486. The van der Waals surface area contributed by atoms with Crippen LogP contribution in [0.1, 0.15) is 56.8 Å². The number of ether oxygens (including phenoxy) is 1. The second-order valence-electron chi connectivity index (χ2n) is 10.7. The Morgan fingerprint density at radius 3 is 2.44 bits per heavy atom. The van der Waals surface area contributed by atoms with Crippen molar-refractivity contribution in [3.63, 3.8) is 0 Å². The molecule has 1 saturated heterocycles. The van der Waals surface area contributed by atoms with E-state index in [1.807, 2.05) is 6.92 Å². The molecular formula is C26H35F3N4O6. The Kier molecular flexibility index (Phi) is 9.14. The smallest absolute Gasteiger partial charge is 0.391 e. The molecule has 0 aromatic heterocycles. The number of carbonyl (C=O) groups is 4. The SMILES string of the molecule is CC(C)N(C)C(=O)[C@H]1C[C@H](O)CN1C(=O)[C@@H](CC(F)(F)F)NC(=O)c1ccccc1OCC(=O)NC1(C)CC1. The maximum absolute atomic E-state index is 13.5. The molecule has 1 aliphatic carbocycles.